The quantitative estimate of drug-likeness (QED) is 0.782. The number of likely N-dealkylation sites (tertiary alicyclic amines) is 1. The number of aryl methyl sites for hydroxylation is 1. The number of nitrogens with zero attached hydrogens (tertiary/aromatic N) is 3. The molecule has 0 radical (unpaired) electrons. The van der Waals surface area contributed by atoms with Crippen LogP contribution < -0.4 is 5.32 Å². The van der Waals surface area contributed by atoms with Crippen LogP contribution in [0.3, 0.4) is 0 Å². The van der Waals surface area contributed by atoms with Crippen LogP contribution in [0.4, 0.5) is 5.95 Å². The van der Waals surface area contributed by atoms with Gasteiger partial charge in [-0.3, -0.25) is 0 Å². The van der Waals surface area contributed by atoms with Crippen LogP contribution in [0.1, 0.15) is 48.7 Å². The van der Waals surface area contributed by atoms with Gasteiger partial charge in [0.25, 0.3) is 0 Å². The van der Waals surface area contributed by atoms with Gasteiger partial charge in [-0.15, -0.1) is 0 Å². The Balaban J connectivity index is 1.76. The van der Waals surface area contributed by atoms with Crippen LogP contribution >= 0.6 is 0 Å². The first-order valence-electron chi connectivity index (χ1n) is 7.63. The summed E-state index contributed by atoms with van der Waals surface area (Å²) in [6.45, 7) is 7.06. The lowest BCUT2D eigenvalue weighted by Crippen LogP contribution is -2.38. The average molecular weight is 292 g/mol. The molecular weight excluding hydrogens is 268 g/mol. The SMILES string of the molecule is Cc1nc(NCCCN2CCCCC2C)ncc1C(=O)O. The number of aromatic carboxylic acids is 1. The van der Waals surface area contributed by atoms with Crippen molar-refractivity contribution in [2.75, 3.05) is 25.0 Å². The first-order valence-corrected chi connectivity index (χ1v) is 7.63. The number of carboxylic acids is 1. The fourth-order valence-electron chi connectivity index (χ4n) is 2.73. The number of piperidine rings is 1. The minimum atomic E-state index is -0.988. The third-order valence-electron chi connectivity index (χ3n) is 4.06. The van der Waals surface area contributed by atoms with Gasteiger partial charge in [-0.25, -0.2) is 14.8 Å². The molecule has 0 aromatic carbocycles. The van der Waals surface area contributed by atoms with Gasteiger partial charge in [0.05, 0.1) is 11.3 Å². The molecule has 1 aromatic rings. The van der Waals surface area contributed by atoms with E-state index in [-0.39, 0.29) is 5.56 Å². The molecule has 0 bridgehead atoms. The predicted molar refractivity (Wildman–Crippen MR) is 81.7 cm³/mol. The summed E-state index contributed by atoms with van der Waals surface area (Å²) in [6, 6.07) is 0.687. The van der Waals surface area contributed by atoms with Crippen molar-refractivity contribution in [2.24, 2.45) is 0 Å². The van der Waals surface area contributed by atoms with Gasteiger partial charge in [-0.05, 0) is 39.7 Å². The fourth-order valence-corrected chi connectivity index (χ4v) is 2.73. The van der Waals surface area contributed by atoms with Gasteiger partial charge < -0.3 is 15.3 Å². The second-order valence-electron chi connectivity index (χ2n) is 5.66. The Bertz CT molecular complexity index is 493. The second kappa shape index (κ2) is 7.36. The lowest BCUT2D eigenvalue weighted by molar-refractivity contribution is 0.0695. The van der Waals surface area contributed by atoms with Gasteiger partial charge in [0, 0.05) is 25.3 Å². The minimum Gasteiger partial charge on any atom is -0.478 e. The lowest BCUT2D eigenvalue weighted by atomic mass is 10.0. The van der Waals surface area contributed by atoms with E-state index in [1.165, 1.54) is 32.0 Å². The van der Waals surface area contributed by atoms with Gasteiger partial charge in [0.2, 0.25) is 5.95 Å². The number of carboxylic acid groups (broad SMARTS) is 1. The summed E-state index contributed by atoms with van der Waals surface area (Å²) in [5, 5.41) is 12.1. The fraction of sp³-hybridized carbons (Fsp3) is 0.667. The Morgan fingerprint density at radius 1 is 1.52 bits per heavy atom. The molecule has 1 atom stereocenters. The van der Waals surface area contributed by atoms with Crippen LogP contribution in [0.15, 0.2) is 6.20 Å². The number of aromatic nitrogens is 2. The van der Waals surface area contributed by atoms with Crippen molar-refractivity contribution in [3.05, 3.63) is 17.5 Å². The highest BCUT2D eigenvalue weighted by Gasteiger charge is 2.17. The van der Waals surface area contributed by atoms with Gasteiger partial charge in [0.15, 0.2) is 0 Å². The van der Waals surface area contributed by atoms with E-state index >= 15 is 0 Å². The normalized spacial score (nSPS) is 19.4. The first-order chi connectivity index (χ1) is 10.1. The Kier molecular flexibility index (Phi) is 5.50. The van der Waals surface area contributed by atoms with E-state index in [0.717, 1.165) is 19.5 Å². The van der Waals surface area contributed by atoms with Crippen molar-refractivity contribution in [3.63, 3.8) is 0 Å². The molecule has 1 unspecified atom stereocenters. The Morgan fingerprint density at radius 3 is 3.00 bits per heavy atom. The molecule has 116 valence electrons. The number of nitrogens with one attached hydrogen (secondary N) is 1. The molecular formula is C15H24N4O2. The third-order valence-corrected chi connectivity index (χ3v) is 4.06. The van der Waals surface area contributed by atoms with Crippen LogP contribution in [0.2, 0.25) is 0 Å². The molecule has 0 amide bonds. The molecule has 1 aliphatic rings. The molecule has 1 fully saturated rings. The summed E-state index contributed by atoms with van der Waals surface area (Å²) >= 11 is 0. The second-order valence-corrected chi connectivity index (χ2v) is 5.66. The standard InChI is InChI=1S/C15H24N4O2/c1-11-6-3-4-8-19(11)9-5-7-16-15-17-10-13(14(20)21)12(2)18-15/h10-11H,3-9H2,1-2H3,(H,20,21)(H,16,17,18). The van der Waals surface area contributed by atoms with E-state index in [1.807, 2.05) is 0 Å². The van der Waals surface area contributed by atoms with E-state index in [9.17, 15) is 4.79 Å². The Hall–Kier alpha value is -1.69. The van der Waals surface area contributed by atoms with Gasteiger partial charge in [-0.2, -0.15) is 0 Å². The highest BCUT2D eigenvalue weighted by molar-refractivity contribution is 5.88. The predicted octanol–water partition coefficient (Wildman–Crippen LogP) is 2.16. The van der Waals surface area contributed by atoms with Crippen molar-refractivity contribution >= 4 is 11.9 Å². The summed E-state index contributed by atoms with van der Waals surface area (Å²) < 4.78 is 0. The van der Waals surface area contributed by atoms with E-state index < -0.39 is 5.97 Å². The van der Waals surface area contributed by atoms with Crippen LogP contribution in [-0.2, 0) is 0 Å². The topological polar surface area (TPSA) is 78.4 Å². The minimum absolute atomic E-state index is 0.155. The van der Waals surface area contributed by atoms with Crippen molar-refractivity contribution < 1.29 is 9.90 Å². The van der Waals surface area contributed by atoms with Crippen LogP contribution in [0, 0.1) is 6.92 Å². The molecule has 0 saturated carbocycles. The summed E-state index contributed by atoms with van der Waals surface area (Å²) in [6.07, 6.45) is 6.34. The van der Waals surface area contributed by atoms with E-state index in [0.29, 0.717) is 17.7 Å². The van der Waals surface area contributed by atoms with Gasteiger partial charge in [-0.1, -0.05) is 6.42 Å². The smallest absolute Gasteiger partial charge is 0.339 e. The monoisotopic (exact) mass is 292 g/mol. The van der Waals surface area contributed by atoms with E-state index in [1.54, 1.807) is 6.92 Å². The van der Waals surface area contributed by atoms with Crippen molar-refractivity contribution in [1.82, 2.24) is 14.9 Å². The number of hydrogen-bond donors (Lipinski definition) is 2. The number of rotatable bonds is 6. The van der Waals surface area contributed by atoms with Crippen molar-refractivity contribution in [3.8, 4) is 0 Å². The summed E-state index contributed by atoms with van der Waals surface area (Å²) in [5.74, 6) is -0.484. The summed E-state index contributed by atoms with van der Waals surface area (Å²) in [5.41, 5.74) is 0.646. The molecule has 1 aliphatic heterocycles. The van der Waals surface area contributed by atoms with Gasteiger partial charge in [0.1, 0.15) is 0 Å². The molecule has 6 nitrogen and oxygen atoms in total. The molecule has 2 rings (SSSR count). The largest absolute Gasteiger partial charge is 0.478 e. The van der Waals surface area contributed by atoms with Crippen LogP contribution in [-0.4, -0.2) is 51.6 Å². The highest BCUT2D eigenvalue weighted by atomic mass is 16.4. The average Bonchev–Trinajstić information content (AvgIpc) is 2.45. The van der Waals surface area contributed by atoms with Crippen LogP contribution in [0.5, 0.6) is 0 Å². The third kappa shape index (κ3) is 4.39. The van der Waals surface area contributed by atoms with Crippen LogP contribution in [0.25, 0.3) is 0 Å². The van der Waals surface area contributed by atoms with E-state index in [4.69, 9.17) is 5.11 Å². The number of carbonyl (C=O) groups is 1. The summed E-state index contributed by atoms with van der Waals surface area (Å²) in [7, 11) is 0. The zero-order valence-electron chi connectivity index (χ0n) is 12.8. The Labute approximate surface area is 125 Å². The highest BCUT2D eigenvalue weighted by Crippen LogP contribution is 2.16. The molecule has 2 heterocycles. The van der Waals surface area contributed by atoms with Crippen molar-refractivity contribution in [1.29, 1.82) is 0 Å². The number of hydrogen-bond acceptors (Lipinski definition) is 5. The molecule has 1 aromatic heterocycles. The molecule has 0 aliphatic carbocycles. The molecule has 2 N–H and O–H groups in total. The van der Waals surface area contributed by atoms with Gasteiger partial charge >= 0.3 is 5.97 Å². The van der Waals surface area contributed by atoms with Crippen molar-refractivity contribution in [2.45, 2.75) is 45.6 Å². The number of anilines is 1. The molecule has 21 heavy (non-hydrogen) atoms. The first kappa shape index (κ1) is 15.7. The molecule has 6 heteroatoms. The maximum atomic E-state index is 10.9. The maximum Gasteiger partial charge on any atom is 0.339 e. The molecule has 1 saturated heterocycles. The van der Waals surface area contributed by atoms with E-state index in [2.05, 4.69) is 27.1 Å². The maximum absolute atomic E-state index is 10.9. The summed E-state index contributed by atoms with van der Waals surface area (Å²) in [4.78, 5) is 21.6. The zero-order chi connectivity index (χ0) is 15.2. The zero-order valence-corrected chi connectivity index (χ0v) is 12.8. The Morgan fingerprint density at radius 2 is 2.33 bits per heavy atom. The molecule has 0 spiro atoms. The lowest BCUT2D eigenvalue weighted by Gasteiger charge is -2.33.